The fraction of sp³-hybridized carbons (Fsp3) is 0.364. The molecular formula is C11H10ClF3N2. The van der Waals surface area contributed by atoms with E-state index in [2.05, 4.69) is 10.3 Å². The van der Waals surface area contributed by atoms with Gasteiger partial charge in [-0.3, -0.25) is 4.99 Å². The predicted octanol–water partition coefficient (Wildman–Crippen LogP) is 3.96. The number of amidine groups is 1. The van der Waals surface area contributed by atoms with Crippen LogP contribution in [0.15, 0.2) is 23.2 Å². The lowest BCUT2D eigenvalue weighted by atomic mass is 10.2. The molecule has 0 saturated carbocycles. The molecule has 0 bridgehead atoms. The van der Waals surface area contributed by atoms with Gasteiger partial charge in [-0.1, -0.05) is 11.6 Å². The van der Waals surface area contributed by atoms with Gasteiger partial charge in [0.15, 0.2) is 0 Å². The molecule has 1 aromatic carbocycles. The van der Waals surface area contributed by atoms with E-state index in [-0.39, 0.29) is 5.02 Å². The molecule has 2 rings (SSSR count). The minimum absolute atomic E-state index is 0.0564. The van der Waals surface area contributed by atoms with E-state index in [4.69, 9.17) is 11.6 Å². The van der Waals surface area contributed by atoms with Gasteiger partial charge in [0.25, 0.3) is 0 Å². The van der Waals surface area contributed by atoms with Crippen molar-refractivity contribution in [3.05, 3.63) is 28.8 Å². The van der Waals surface area contributed by atoms with Gasteiger partial charge in [-0.2, -0.15) is 13.2 Å². The molecule has 92 valence electrons. The molecule has 0 unspecified atom stereocenters. The third-order valence-electron chi connectivity index (χ3n) is 2.39. The van der Waals surface area contributed by atoms with Crippen LogP contribution in [0.3, 0.4) is 0 Å². The number of hydrogen-bond acceptors (Lipinski definition) is 2. The zero-order chi connectivity index (χ0) is 12.5. The van der Waals surface area contributed by atoms with Crippen molar-refractivity contribution in [2.24, 2.45) is 4.99 Å². The van der Waals surface area contributed by atoms with Crippen LogP contribution in [0.25, 0.3) is 0 Å². The molecule has 0 aliphatic carbocycles. The van der Waals surface area contributed by atoms with Crippen LogP contribution in [0.4, 0.5) is 18.9 Å². The molecule has 0 amide bonds. The van der Waals surface area contributed by atoms with E-state index >= 15 is 0 Å². The van der Waals surface area contributed by atoms with Crippen LogP contribution in [0, 0.1) is 0 Å². The van der Waals surface area contributed by atoms with Gasteiger partial charge in [-0.15, -0.1) is 0 Å². The average Bonchev–Trinajstić information content (AvgIpc) is 2.68. The lowest BCUT2D eigenvalue weighted by molar-refractivity contribution is -0.137. The summed E-state index contributed by atoms with van der Waals surface area (Å²) in [4.78, 5) is 4.13. The predicted molar refractivity (Wildman–Crippen MR) is 61.6 cm³/mol. The Morgan fingerprint density at radius 2 is 2.00 bits per heavy atom. The van der Waals surface area contributed by atoms with Crippen molar-refractivity contribution in [3.63, 3.8) is 0 Å². The Morgan fingerprint density at radius 3 is 2.59 bits per heavy atom. The molecule has 0 spiro atoms. The van der Waals surface area contributed by atoms with E-state index in [0.717, 1.165) is 31.5 Å². The Hall–Kier alpha value is -1.23. The second-order valence-corrected chi connectivity index (χ2v) is 4.22. The summed E-state index contributed by atoms with van der Waals surface area (Å²) >= 11 is 5.66. The monoisotopic (exact) mass is 262 g/mol. The van der Waals surface area contributed by atoms with E-state index in [9.17, 15) is 13.2 Å². The molecule has 1 heterocycles. The summed E-state index contributed by atoms with van der Waals surface area (Å²) in [6, 6.07) is 3.40. The Kier molecular flexibility index (Phi) is 3.28. The van der Waals surface area contributed by atoms with Crippen LogP contribution in [0.5, 0.6) is 0 Å². The molecule has 1 aliphatic heterocycles. The highest BCUT2D eigenvalue weighted by Gasteiger charge is 2.31. The summed E-state index contributed by atoms with van der Waals surface area (Å²) in [5.74, 6) is 0.709. The van der Waals surface area contributed by atoms with Crippen molar-refractivity contribution < 1.29 is 13.2 Å². The van der Waals surface area contributed by atoms with Crippen LogP contribution in [0.1, 0.15) is 18.4 Å². The van der Waals surface area contributed by atoms with Gasteiger partial charge < -0.3 is 5.32 Å². The van der Waals surface area contributed by atoms with Crippen molar-refractivity contribution in [2.45, 2.75) is 19.0 Å². The summed E-state index contributed by atoms with van der Waals surface area (Å²) in [6.45, 7) is 0.717. The largest absolute Gasteiger partial charge is 0.416 e. The third-order valence-corrected chi connectivity index (χ3v) is 2.61. The highest BCUT2D eigenvalue weighted by molar-refractivity contribution is 6.31. The Balaban J connectivity index is 2.25. The standard InChI is InChI=1S/C11H10ClF3N2/c12-8-4-7(11(13,14)15)5-9(6-8)17-10-2-1-3-16-10/h4-6H,1-3H2,(H,16,17). The summed E-state index contributed by atoms with van der Waals surface area (Å²) in [7, 11) is 0. The van der Waals surface area contributed by atoms with Gasteiger partial charge in [-0.05, 0) is 24.6 Å². The van der Waals surface area contributed by atoms with E-state index in [1.54, 1.807) is 0 Å². The van der Waals surface area contributed by atoms with Crippen LogP contribution in [-0.4, -0.2) is 12.4 Å². The maximum absolute atomic E-state index is 12.5. The van der Waals surface area contributed by atoms with Crippen molar-refractivity contribution >= 4 is 23.1 Å². The normalized spacial score (nSPS) is 15.9. The molecule has 1 aliphatic rings. The number of aliphatic imine (C=N–C) groups is 1. The fourth-order valence-electron chi connectivity index (χ4n) is 1.63. The van der Waals surface area contributed by atoms with Crippen molar-refractivity contribution in [1.82, 2.24) is 0 Å². The van der Waals surface area contributed by atoms with Crippen LogP contribution in [-0.2, 0) is 6.18 Å². The highest BCUT2D eigenvalue weighted by atomic mass is 35.5. The first-order chi connectivity index (χ1) is 7.95. The number of benzene rings is 1. The number of hydrogen-bond donors (Lipinski definition) is 1. The number of rotatable bonds is 1. The molecule has 0 aromatic heterocycles. The topological polar surface area (TPSA) is 24.4 Å². The molecule has 6 heteroatoms. The maximum atomic E-state index is 12.5. The zero-order valence-corrected chi connectivity index (χ0v) is 9.57. The number of nitrogens with one attached hydrogen (secondary N) is 1. The van der Waals surface area contributed by atoms with Crippen LogP contribution < -0.4 is 5.32 Å². The van der Waals surface area contributed by atoms with Crippen LogP contribution in [0.2, 0.25) is 5.02 Å². The molecule has 0 fully saturated rings. The smallest absolute Gasteiger partial charge is 0.344 e. The minimum Gasteiger partial charge on any atom is -0.344 e. The minimum atomic E-state index is -4.39. The first-order valence-electron chi connectivity index (χ1n) is 5.13. The number of nitrogens with zero attached hydrogens (tertiary/aromatic N) is 1. The highest BCUT2D eigenvalue weighted by Crippen LogP contribution is 2.33. The Morgan fingerprint density at radius 1 is 1.24 bits per heavy atom. The zero-order valence-electron chi connectivity index (χ0n) is 8.81. The summed E-state index contributed by atoms with van der Waals surface area (Å²) in [5, 5.41) is 2.92. The van der Waals surface area contributed by atoms with Crippen molar-refractivity contribution in [3.8, 4) is 0 Å². The van der Waals surface area contributed by atoms with Gasteiger partial charge in [0.2, 0.25) is 0 Å². The molecule has 0 radical (unpaired) electrons. The molecule has 0 saturated heterocycles. The fourth-order valence-corrected chi connectivity index (χ4v) is 1.87. The molecule has 2 nitrogen and oxygen atoms in total. The second kappa shape index (κ2) is 4.56. The maximum Gasteiger partial charge on any atom is 0.416 e. The van der Waals surface area contributed by atoms with Gasteiger partial charge in [-0.25, -0.2) is 0 Å². The number of alkyl halides is 3. The first-order valence-corrected chi connectivity index (χ1v) is 5.51. The average molecular weight is 263 g/mol. The number of anilines is 1. The molecule has 1 aromatic rings. The Bertz CT molecular complexity index is 455. The molecule has 17 heavy (non-hydrogen) atoms. The van der Waals surface area contributed by atoms with E-state index in [1.807, 2.05) is 0 Å². The molecule has 1 N–H and O–H groups in total. The van der Waals surface area contributed by atoms with Crippen molar-refractivity contribution in [2.75, 3.05) is 11.9 Å². The van der Waals surface area contributed by atoms with Crippen LogP contribution >= 0.6 is 11.6 Å². The lowest BCUT2D eigenvalue weighted by Crippen LogP contribution is -2.10. The Labute approximate surface area is 101 Å². The number of halogens is 4. The van der Waals surface area contributed by atoms with Crippen molar-refractivity contribution in [1.29, 1.82) is 0 Å². The van der Waals surface area contributed by atoms with Gasteiger partial charge in [0.05, 0.1) is 5.56 Å². The summed E-state index contributed by atoms with van der Waals surface area (Å²) in [5.41, 5.74) is -0.434. The van der Waals surface area contributed by atoms with Gasteiger partial charge in [0.1, 0.15) is 5.84 Å². The second-order valence-electron chi connectivity index (χ2n) is 3.78. The summed E-state index contributed by atoms with van der Waals surface area (Å²) < 4.78 is 37.6. The molecule has 0 atom stereocenters. The molecular weight excluding hydrogens is 253 g/mol. The summed E-state index contributed by atoms with van der Waals surface area (Å²) in [6.07, 6.45) is -2.71. The van der Waals surface area contributed by atoms with Gasteiger partial charge >= 0.3 is 6.18 Å². The van der Waals surface area contributed by atoms with E-state index in [0.29, 0.717) is 11.5 Å². The van der Waals surface area contributed by atoms with E-state index in [1.165, 1.54) is 6.07 Å². The first kappa shape index (κ1) is 12.2. The third kappa shape index (κ3) is 3.12. The van der Waals surface area contributed by atoms with E-state index < -0.39 is 11.7 Å². The lowest BCUT2D eigenvalue weighted by Gasteiger charge is -2.11. The van der Waals surface area contributed by atoms with Gasteiger partial charge in [0, 0.05) is 23.7 Å². The quantitative estimate of drug-likeness (QED) is 0.814. The SMILES string of the molecule is FC(F)(F)c1cc(Cl)cc(NC2=NCCC2)c1.